The first-order valence-corrected chi connectivity index (χ1v) is 5.70. The van der Waals surface area contributed by atoms with Gasteiger partial charge < -0.3 is 5.11 Å². The van der Waals surface area contributed by atoms with Crippen LogP contribution < -0.4 is 0 Å². The van der Waals surface area contributed by atoms with Crippen molar-refractivity contribution in [2.24, 2.45) is 5.92 Å². The molecule has 0 spiro atoms. The maximum atomic E-state index is 10.9. The summed E-state index contributed by atoms with van der Waals surface area (Å²) in [6.45, 7) is 1.96. The molecule has 0 aliphatic heterocycles. The predicted octanol–water partition coefficient (Wildman–Crippen LogP) is 2.79. The minimum Gasteiger partial charge on any atom is -0.481 e. The second-order valence-electron chi connectivity index (χ2n) is 3.54. The number of halogens is 2. The Bertz CT molecular complexity index is 191. The van der Waals surface area contributed by atoms with Gasteiger partial charge in [0.1, 0.15) is 0 Å². The molecule has 12 heavy (non-hydrogen) atoms. The van der Waals surface area contributed by atoms with Crippen molar-refractivity contribution in [3.8, 4) is 0 Å². The van der Waals surface area contributed by atoms with Crippen LogP contribution in [0.3, 0.4) is 0 Å². The van der Waals surface area contributed by atoms with Crippen LogP contribution in [0.2, 0.25) is 0 Å². The lowest BCUT2D eigenvalue weighted by atomic mass is 9.80. The molecule has 0 aromatic rings. The molecule has 0 bridgehead atoms. The van der Waals surface area contributed by atoms with Gasteiger partial charge in [0.2, 0.25) is 0 Å². The molecular weight excluding hydrogens is 288 g/mol. The van der Waals surface area contributed by atoms with Crippen molar-refractivity contribution in [1.29, 1.82) is 0 Å². The maximum Gasteiger partial charge on any atom is 0.307 e. The third-order valence-corrected chi connectivity index (χ3v) is 4.24. The van der Waals surface area contributed by atoms with Gasteiger partial charge in [-0.05, 0) is 26.2 Å². The van der Waals surface area contributed by atoms with E-state index in [-0.39, 0.29) is 10.2 Å². The van der Waals surface area contributed by atoms with Crippen LogP contribution >= 0.6 is 31.9 Å². The first-order chi connectivity index (χ1) is 5.43. The van der Waals surface area contributed by atoms with Crippen molar-refractivity contribution >= 4 is 37.8 Å². The number of rotatable bonds is 1. The molecule has 1 rings (SSSR count). The van der Waals surface area contributed by atoms with E-state index < -0.39 is 5.97 Å². The van der Waals surface area contributed by atoms with Crippen molar-refractivity contribution < 1.29 is 9.90 Å². The fourth-order valence-electron chi connectivity index (χ4n) is 1.59. The summed E-state index contributed by atoms with van der Waals surface area (Å²) in [5, 5.41) is 8.94. The standard InChI is InChI=1S/C8H12Br2O2/c1-8(10)3-2-5(9)4-6(8)7(11)12/h5-6H,2-4H2,1H3,(H,11,12). The minimum absolute atomic E-state index is 0.219. The number of alkyl halides is 2. The highest BCUT2D eigenvalue weighted by Gasteiger charge is 2.41. The van der Waals surface area contributed by atoms with Crippen LogP contribution in [0.5, 0.6) is 0 Å². The first-order valence-electron chi connectivity index (χ1n) is 3.99. The number of hydrogen-bond donors (Lipinski definition) is 1. The monoisotopic (exact) mass is 298 g/mol. The van der Waals surface area contributed by atoms with Gasteiger partial charge in [-0.1, -0.05) is 31.9 Å². The second kappa shape index (κ2) is 3.66. The van der Waals surface area contributed by atoms with Crippen LogP contribution in [0.4, 0.5) is 0 Å². The van der Waals surface area contributed by atoms with E-state index in [1.54, 1.807) is 0 Å². The number of aliphatic carboxylic acids is 1. The second-order valence-corrected chi connectivity index (χ2v) is 6.65. The van der Waals surface area contributed by atoms with E-state index in [1.807, 2.05) is 6.92 Å². The number of carboxylic acid groups (broad SMARTS) is 1. The topological polar surface area (TPSA) is 37.3 Å². The Hall–Kier alpha value is 0.430. The van der Waals surface area contributed by atoms with Gasteiger partial charge in [-0.15, -0.1) is 0 Å². The van der Waals surface area contributed by atoms with E-state index in [0.29, 0.717) is 4.83 Å². The molecule has 1 fully saturated rings. The molecule has 0 aromatic carbocycles. The average molecular weight is 300 g/mol. The minimum atomic E-state index is -0.696. The molecule has 4 heteroatoms. The Labute approximate surface area is 89.0 Å². The van der Waals surface area contributed by atoms with E-state index in [4.69, 9.17) is 5.11 Å². The predicted molar refractivity (Wildman–Crippen MR) is 55.0 cm³/mol. The van der Waals surface area contributed by atoms with E-state index in [0.717, 1.165) is 19.3 Å². The Morgan fingerprint density at radius 2 is 2.25 bits per heavy atom. The third kappa shape index (κ3) is 2.22. The zero-order chi connectivity index (χ0) is 9.35. The maximum absolute atomic E-state index is 10.9. The van der Waals surface area contributed by atoms with Crippen LogP contribution in [0.25, 0.3) is 0 Å². The molecule has 0 amide bonds. The van der Waals surface area contributed by atoms with E-state index in [1.165, 1.54) is 0 Å². The third-order valence-electron chi connectivity index (χ3n) is 2.46. The van der Waals surface area contributed by atoms with Crippen LogP contribution in [0, 0.1) is 5.92 Å². The van der Waals surface area contributed by atoms with Gasteiger partial charge in [0.15, 0.2) is 0 Å². The summed E-state index contributed by atoms with van der Waals surface area (Å²) in [7, 11) is 0. The normalized spacial score (nSPS) is 42.6. The quantitative estimate of drug-likeness (QED) is 0.756. The van der Waals surface area contributed by atoms with Gasteiger partial charge in [0.25, 0.3) is 0 Å². The fourth-order valence-corrected chi connectivity index (χ4v) is 2.81. The number of carbonyl (C=O) groups is 1. The Balaban J connectivity index is 2.72. The van der Waals surface area contributed by atoms with Crippen molar-refractivity contribution in [3.05, 3.63) is 0 Å². The summed E-state index contributed by atoms with van der Waals surface area (Å²) >= 11 is 6.95. The molecule has 1 N–H and O–H groups in total. The van der Waals surface area contributed by atoms with Crippen LogP contribution in [0.1, 0.15) is 26.2 Å². The summed E-state index contributed by atoms with van der Waals surface area (Å²) in [5.41, 5.74) is 0. The highest BCUT2D eigenvalue weighted by Crippen LogP contribution is 2.42. The van der Waals surface area contributed by atoms with Gasteiger partial charge in [0.05, 0.1) is 5.92 Å². The summed E-state index contributed by atoms with van der Waals surface area (Å²) in [6, 6.07) is 0. The SMILES string of the molecule is CC1(Br)CCC(Br)CC1C(=O)O. The average Bonchev–Trinajstić information content (AvgIpc) is 1.94. The Kier molecular flexibility index (Phi) is 3.21. The van der Waals surface area contributed by atoms with Crippen LogP contribution in [0.15, 0.2) is 0 Å². The van der Waals surface area contributed by atoms with E-state index in [2.05, 4.69) is 31.9 Å². The lowest BCUT2D eigenvalue weighted by molar-refractivity contribution is -0.143. The molecule has 70 valence electrons. The van der Waals surface area contributed by atoms with Gasteiger partial charge in [-0.25, -0.2) is 0 Å². The van der Waals surface area contributed by atoms with Gasteiger partial charge >= 0.3 is 5.97 Å². The Morgan fingerprint density at radius 1 is 1.67 bits per heavy atom. The fraction of sp³-hybridized carbons (Fsp3) is 0.875. The summed E-state index contributed by atoms with van der Waals surface area (Å²) in [6.07, 6.45) is 2.68. The molecule has 1 saturated carbocycles. The molecule has 0 heterocycles. The summed E-state index contributed by atoms with van der Waals surface area (Å²) in [5.74, 6) is -0.964. The van der Waals surface area contributed by atoms with Crippen molar-refractivity contribution in [1.82, 2.24) is 0 Å². The zero-order valence-electron chi connectivity index (χ0n) is 6.89. The molecule has 3 atom stereocenters. The van der Waals surface area contributed by atoms with Crippen molar-refractivity contribution in [2.45, 2.75) is 35.3 Å². The highest BCUT2D eigenvalue weighted by atomic mass is 79.9. The van der Waals surface area contributed by atoms with Crippen LogP contribution in [-0.2, 0) is 4.79 Å². The largest absolute Gasteiger partial charge is 0.481 e. The van der Waals surface area contributed by atoms with Gasteiger partial charge in [0, 0.05) is 9.15 Å². The lowest BCUT2D eigenvalue weighted by Crippen LogP contribution is -2.40. The number of carboxylic acids is 1. The smallest absolute Gasteiger partial charge is 0.307 e. The Morgan fingerprint density at radius 3 is 2.67 bits per heavy atom. The van der Waals surface area contributed by atoms with Crippen molar-refractivity contribution in [3.63, 3.8) is 0 Å². The highest BCUT2D eigenvalue weighted by molar-refractivity contribution is 9.10. The lowest BCUT2D eigenvalue weighted by Gasteiger charge is -2.36. The van der Waals surface area contributed by atoms with Gasteiger partial charge in [-0.2, -0.15) is 0 Å². The molecule has 0 aromatic heterocycles. The molecule has 1 aliphatic carbocycles. The molecule has 2 nitrogen and oxygen atoms in total. The van der Waals surface area contributed by atoms with Crippen LogP contribution in [-0.4, -0.2) is 20.2 Å². The zero-order valence-corrected chi connectivity index (χ0v) is 10.1. The first kappa shape index (κ1) is 10.5. The van der Waals surface area contributed by atoms with E-state index in [9.17, 15) is 4.79 Å². The number of hydrogen-bond acceptors (Lipinski definition) is 1. The molecular formula is C8H12Br2O2. The summed E-state index contributed by atoms with van der Waals surface area (Å²) < 4.78 is -0.219. The molecule has 0 radical (unpaired) electrons. The molecule has 3 unspecified atom stereocenters. The molecule has 0 saturated heterocycles. The van der Waals surface area contributed by atoms with Crippen molar-refractivity contribution in [2.75, 3.05) is 0 Å². The van der Waals surface area contributed by atoms with E-state index >= 15 is 0 Å². The molecule has 1 aliphatic rings. The summed E-state index contributed by atoms with van der Waals surface area (Å²) in [4.78, 5) is 11.2. The van der Waals surface area contributed by atoms with Gasteiger partial charge in [-0.3, -0.25) is 4.79 Å².